The Morgan fingerprint density at radius 1 is 1.24 bits per heavy atom. The normalized spacial score (nSPS) is 12.5. The Hall–Kier alpha value is -1.91. The van der Waals surface area contributed by atoms with Crippen molar-refractivity contribution in [2.75, 3.05) is 7.05 Å². The van der Waals surface area contributed by atoms with E-state index in [0.29, 0.717) is 6.61 Å². The Balaban J connectivity index is 2.02. The number of nitrogens with zero attached hydrogens (tertiary/aromatic N) is 1. The van der Waals surface area contributed by atoms with E-state index < -0.39 is 0 Å². The first-order valence-corrected chi connectivity index (χ1v) is 7.92. The number of benzene rings is 2. The Kier molecular flexibility index (Phi) is 4.18. The van der Waals surface area contributed by atoms with Crippen molar-refractivity contribution in [1.29, 1.82) is 0 Å². The molecular formula is C17H18N2OS. The summed E-state index contributed by atoms with van der Waals surface area (Å²) in [6, 6.07) is 12.8. The van der Waals surface area contributed by atoms with Crippen molar-refractivity contribution in [3.8, 4) is 5.75 Å². The van der Waals surface area contributed by atoms with E-state index in [4.69, 9.17) is 4.74 Å². The summed E-state index contributed by atoms with van der Waals surface area (Å²) in [4.78, 5) is 4.28. The molecule has 1 aromatic heterocycles. The van der Waals surface area contributed by atoms with Crippen LogP contribution in [-0.4, -0.2) is 12.0 Å². The molecule has 21 heavy (non-hydrogen) atoms. The zero-order chi connectivity index (χ0) is 14.7. The molecule has 2 aromatic carbocycles. The van der Waals surface area contributed by atoms with Gasteiger partial charge in [0, 0.05) is 22.4 Å². The van der Waals surface area contributed by atoms with Crippen LogP contribution in [0.4, 0.5) is 0 Å². The number of aromatic nitrogens is 1. The summed E-state index contributed by atoms with van der Waals surface area (Å²) in [6.45, 7) is 2.64. The standard InChI is InChI=1S/C17H18N2OS/c1-12(18-2)15-8-7-13-5-3-4-6-16(13)17(15)20-9-14-10-21-11-19-14/h3-8,10-12,18H,9H2,1-2H3. The van der Waals surface area contributed by atoms with E-state index in [-0.39, 0.29) is 6.04 Å². The number of thiazole rings is 1. The van der Waals surface area contributed by atoms with Crippen LogP contribution >= 0.6 is 11.3 Å². The molecule has 0 aliphatic heterocycles. The van der Waals surface area contributed by atoms with Crippen molar-refractivity contribution in [3.05, 3.63) is 58.5 Å². The third-order valence-corrected chi connectivity index (χ3v) is 4.29. The molecule has 3 rings (SSSR count). The van der Waals surface area contributed by atoms with Gasteiger partial charge in [-0.1, -0.05) is 36.4 Å². The van der Waals surface area contributed by atoms with Crippen molar-refractivity contribution in [3.63, 3.8) is 0 Å². The third-order valence-electron chi connectivity index (χ3n) is 3.66. The van der Waals surface area contributed by atoms with Crippen LogP contribution in [0.1, 0.15) is 24.2 Å². The monoisotopic (exact) mass is 298 g/mol. The highest BCUT2D eigenvalue weighted by Crippen LogP contribution is 2.34. The van der Waals surface area contributed by atoms with Crippen molar-refractivity contribution in [2.24, 2.45) is 0 Å². The van der Waals surface area contributed by atoms with Gasteiger partial charge in [0.15, 0.2) is 0 Å². The molecule has 0 spiro atoms. The second-order valence-corrected chi connectivity index (χ2v) is 5.70. The van der Waals surface area contributed by atoms with Gasteiger partial charge in [0.2, 0.25) is 0 Å². The maximum Gasteiger partial charge on any atom is 0.132 e. The minimum absolute atomic E-state index is 0.236. The fourth-order valence-electron chi connectivity index (χ4n) is 2.37. The third kappa shape index (κ3) is 2.91. The zero-order valence-electron chi connectivity index (χ0n) is 12.2. The molecule has 4 heteroatoms. The molecule has 0 saturated carbocycles. The summed E-state index contributed by atoms with van der Waals surface area (Å²) in [5, 5.41) is 7.64. The van der Waals surface area contributed by atoms with Crippen LogP contribution in [0.25, 0.3) is 10.8 Å². The molecule has 3 nitrogen and oxygen atoms in total. The van der Waals surface area contributed by atoms with Gasteiger partial charge in [0.25, 0.3) is 0 Å². The Labute approximate surface area is 128 Å². The molecule has 0 aliphatic rings. The van der Waals surface area contributed by atoms with Crippen LogP contribution in [-0.2, 0) is 6.61 Å². The summed E-state index contributed by atoms with van der Waals surface area (Å²) < 4.78 is 6.12. The van der Waals surface area contributed by atoms with E-state index in [9.17, 15) is 0 Å². The van der Waals surface area contributed by atoms with Gasteiger partial charge in [0.05, 0.1) is 11.2 Å². The Morgan fingerprint density at radius 3 is 2.86 bits per heavy atom. The Bertz CT molecular complexity index is 725. The zero-order valence-corrected chi connectivity index (χ0v) is 13.0. The van der Waals surface area contributed by atoms with Crippen LogP contribution in [0.3, 0.4) is 0 Å². The van der Waals surface area contributed by atoms with Gasteiger partial charge >= 0.3 is 0 Å². The van der Waals surface area contributed by atoms with E-state index in [0.717, 1.165) is 16.8 Å². The van der Waals surface area contributed by atoms with Crippen molar-refractivity contribution in [1.82, 2.24) is 10.3 Å². The minimum atomic E-state index is 0.236. The smallest absolute Gasteiger partial charge is 0.132 e. The summed E-state index contributed by atoms with van der Waals surface area (Å²) in [7, 11) is 1.96. The molecular weight excluding hydrogens is 280 g/mol. The van der Waals surface area contributed by atoms with E-state index in [1.54, 1.807) is 11.3 Å². The predicted molar refractivity (Wildman–Crippen MR) is 87.9 cm³/mol. The van der Waals surface area contributed by atoms with Gasteiger partial charge in [-0.2, -0.15) is 0 Å². The molecule has 1 atom stereocenters. The van der Waals surface area contributed by atoms with Gasteiger partial charge in [-0.15, -0.1) is 11.3 Å². The first kappa shape index (κ1) is 14.0. The first-order chi connectivity index (χ1) is 10.3. The largest absolute Gasteiger partial charge is 0.486 e. The van der Waals surface area contributed by atoms with E-state index in [2.05, 4.69) is 41.5 Å². The second kappa shape index (κ2) is 6.24. The lowest BCUT2D eigenvalue weighted by molar-refractivity contribution is 0.300. The van der Waals surface area contributed by atoms with Crippen LogP contribution in [0.5, 0.6) is 5.75 Å². The van der Waals surface area contributed by atoms with Crippen LogP contribution < -0.4 is 10.1 Å². The van der Waals surface area contributed by atoms with Gasteiger partial charge in [-0.05, 0) is 19.4 Å². The maximum atomic E-state index is 6.12. The number of hydrogen-bond donors (Lipinski definition) is 1. The summed E-state index contributed by atoms with van der Waals surface area (Å²) in [6.07, 6.45) is 0. The Morgan fingerprint density at radius 2 is 2.10 bits per heavy atom. The molecule has 1 heterocycles. The molecule has 0 aliphatic carbocycles. The van der Waals surface area contributed by atoms with Gasteiger partial charge in [0.1, 0.15) is 12.4 Å². The lowest BCUT2D eigenvalue weighted by Gasteiger charge is -2.18. The molecule has 3 aromatic rings. The molecule has 1 N–H and O–H groups in total. The predicted octanol–water partition coefficient (Wildman–Crippen LogP) is 4.16. The first-order valence-electron chi connectivity index (χ1n) is 6.98. The van der Waals surface area contributed by atoms with Crippen molar-refractivity contribution >= 4 is 22.1 Å². The van der Waals surface area contributed by atoms with Crippen LogP contribution in [0, 0.1) is 0 Å². The fraction of sp³-hybridized carbons (Fsp3) is 0.235. The fourth-order valence-corrected chi connectivity index (χ4v) is 2.92. The number of fused-ring (bicyclic) bond motifs is 1. The number of ether oxygens (including phenoxy) is 1. The van der Waals surface area contributed by atoms with Gasteiger partial charge < -0.3 is 10.1 Å². The topological polar surface area (TPSA) is 34.1 Å². The minimum Gasteiger partial charge on any atom is -0.486 e. The maximum absolute atomic E-state index is 6.12. The molecule has 0 fully saturated rings. The highest BCUT2D eigenvalue weighted by Gasteiger charge is 2.14. The van der Waals surface area contributed by atoms with Crippen LogP contribution in [0.2, 0.25) is 0 Å². The summed E-state index contributed by atoms with van der Waals surface area (Å²) in [5.74, 6) is 0.947. The van der Waals surface area contributed by atoms with Gasteiger partial charge in [-0.25, -0.2) is 4.98 Å². The van der Waals surface area contributed by atoms with E-state index >= 15 is 0 Å². The van der Waals surface area contributed by atoms with Crippen LogP contribution in [0.15, 0.2) is 47.3 Å². The molecule has 0 amide bonds. The average Bonchev–Trinajstić information content (AvgIpc) is 3.05. The summed E-state index contributed by atoms with van der Waals surface area (Å²) >= 11 is 1.59. The molecule has 0 saturated heterocycles. The molecule has 108 valence electrons. The number of hydrogen-bond acceptors (Lipinski definition) is 4. The molecule has 0 bridgehead atoms. The quantitative estimate of drug-likeness (QED) is 0.768. The number of rotatable bonds is 5. The average molecular weight is 298 g/mol. The van der Waals surface area contributed by atoms with Crippen molar-refractivity contribution in [2.45, 2.75) is 19.6 Å². The van der Waals surface area contributed by atoms with E-state index in [1.807, 2.05) is 30.1 Å². The lowest BCUT2D eigenvalue weighted by Crippen LogP contribution is -2.14. The summed E-state index contributed by atoms with van der Waals surface area (Å²) in [5.41, 5.74) is 3.97. The van der Waals surface area contributed by atoms with E-state index in [1.165, 1.54) is 10.9 Å². The van der Waals surface area contributed by atoms with Crippen molar-refractivity contribution < 1.29 is 4.74 Å². The lowest BCUT2D eigenvalue weighted by atomic mass is 10.0. The second-order valence-electron chi connectivity index (χ2n) is 4.98. The number of nitrogens with one attached hydrogen (secondary N) is 1. The van der Waals surface area contributed by atoms with Gasteiger partial charge in [-0.3, -0.25) is 0 Å². The SMILES string of the molecule is CNC(C)c1ccc2ccccc2c1OCc1cscn1. The molecule has 0 radical (unpaired) electrons. The highest BCUT2D eigenvalue weighted by atomic mass is 32.1. The highest BCUT2D eigenvalue weighted by molar-refractivity contribution is 7.07. The molecule has 1 unspecified atom stereocenters.